The molecule has 1 aliphatic rings. The van der Waals surface area contributed by atoms with Crippen LogP contribution in [0.3, 0.4) is 0 Å². The Morgan fingerprint density at radius 2 is 1.93 bits per heavy atom. The van der Waals surface area contributed by atoms with Crippen LogP contribution in [0.4, 0.5) is 5.69 Å². The minimum Gasteiger partial charge on any atom is -0.504 e. The van der Waals surface area contributed by atoms with Crippen molar-refractivity contribution >= 4 is 27.3 Å². The summed E-state index contributed by atoms with van der Waals surface area (Å²) in [6, 6.07) is 11.4. The smallest absolute Gasteiger partial charge is 0.240 e. The minimum atomic E-state index is -3.36. The summed E-state index contributed by atoms with van der Waals surface area (Å²) in [5.74, 6) is 0.0497. The normalized spacial score (nSPS) is 16.6. The minimum absolute atomic E-state index is 0.0228. The number of aromatic hydroxyl groups is 1. The lowest BCUT2D eigenvalue weighted by Gasteiger charge is -2.22. The van der Waals surface area contributed by atoms with Gasteiger partial charge < -0.3 is 9.84 Å². The van der Waals surface area contributed by atoms with Crippen molar-refractivity contribution in [3.63, 3.8) is 0 Å². The number of hydrazone groups is 1. The summed E-state index contributed by atoms with van der Waals surface area (Å²) in [4.78, 5) is 12.1. The number of methoxy groups -OCH3 is 1. The van der Waals surface area contributed by atoms with Crippen LogP contribution in [-0.4, -0.2) is 43.5 Å². The topological polar surface area (TPSA) is 108 Å². The number of rotatable bonds is 5. The number of nitrogens with zero attached hydrogens (tertiary/aromatic N) is 2. The van der Waals surface area contributed by atoms with E-state index in [1.807, 2.05) is 0 Å². The predicted octanol–water partition coefficient (Wildman–Crippen LogP) is 2.47. The standard InChI is InChI=1S/C19H21N3O5S/c1-12(23)22-17(15-5-4-6-18(27-2)19(15)24)11-16(20-22)13-7-9-14(10-8-13)21-28(3,25)26/h4-10,17,21,24H,11H2,1-3H3. The molecule has 3 rings (SSSR count). The highest BCUT2D eigenvalue weighted by Gasteiger charge is 2.33. The maximum Gasteiger partial charge on any atom is 0.240 e. The molecule has 0 radical (unpaired) electrons. The van der Waals surface area contributed by atoms with Gasteiger partial charge in [-0.15, -0.1) is 0 Å². The second-order valence-corrected chi connectivity index (χ2v) is 8.23. The molecule has 0 saturated heterocycles. The fourth-order valence-corrected chi connectivity index (χ4v) is 3.70. The first-order chi connectivity index (χ1) is 13.2. The number of carbonyl (C=O) groups excluding carboxylic acids is 1. The molecule has 1 amide bonds. The number of benzene rings is 2. The summed E-state index contributed by atoms with van der Waals surface area (Å²) in [6.07, 6.45) is 1.48. The summed E-state index contributed by atoms with van der Waals surface area (Å²) in [6.45, 7) is 1.41. The zero-order chi connectivity index (χ0) is 20.5. The van der Waals surface area contributed by atoms with Gasteiger partial charge in [0.15, 0.2) is 11.5 Å². The van der Waals surface area contributed by atoms with Crippen LogP contribution in [0.2, 0.25) is 0 Å². The van der Waals surface area contributed by atoms with Crippen LogP contribution in [0.15, 0.2) is 47.6 Å². The lowest BCUT2D eigenvalue weighted by Crippen LogP contribution is -2.24. The fourth-order valence-electron chi connectivity index (χ4n) is 3.13. The Morgan fingerprint density at radius 3 is 2.50 bits per heavy atom. The van der Waals surface area contributed by atoms with Crippen molar-refractivity contribution in [2.45, 2.75) is 19.4 Å². The van der Waals surface area contributed by atoms with Crippen molar-refractivity contribution in [2.75, 3.05) is 18.1 Å². The molecule has 28 heavy (non-hydrogen) atoms. The number of hydrogen-bond acceptors (Lipinski definition) is 6. The Balaban J connectivity index is 1.91. The van der Waals surface area contributed by atoms with Crippen molar-refractivity contribution in [3.05, 3.63) is 53.6 Å². The monoisotopic (exact) mass is 403 g/mol. The van der Waals surface area contributed by atoms with Crippen LogP contribution in [0.25, 0.3) is 0 Å². The molecule has 1 aliphatic heterocycles. The molecule has 0 spiro atoms. The van der Waals surface area contributed by atoms with E-state index in [1.165, 1.54) is 19.0 Å². The fraction of sp³-hybridized carbons (Fsp3) is 0.263. The van der Waals surface area contributed by atoms with Gasteiger partial charge in [0, 0.05) is 24.6 Å². The molecule has 0 bridgehead atoms. The van der Waals surface area contributed by atoms with E-state index in [9.17, 15) is 18.3 Å². The largest absolute Gasteiger partial charge is 0.504 e. The number of nitrogens with one attached hydrogen (secondary N) is 1. The van der Waals surface area contributed by atoms with Gasteiger partial charge >= 0.3 is 0 Å². The van der Waals surface area contributed by atoms with Crippen LogP contribution >= 0.6 is 0 Å². The highest BCUT2D eigenvalue weighted by atomic mass is 32.2. The molecular formula is C19H21N3O5S. The van der Waals surface area contributed by atoms with E-state index in [0.717, 1.165) is 11.8 Å². The Bertz CT molecular complexity index is 1030. The first-order valence-electron chi connectivity index (χ1n) is 8.51. The van der Waals surface area contributed by atoms with Gasteiger partial charge in [0.05, 0.1) is 25.1 Å². The molecule has 2 aromatic carbocycles. The number of amides is 1. The number of anilines is 1. The van der Waals surface area contributed by atoms with Gasteiger partial charge in [-0.2, -0.15) is 5.10 Å². The van der Waals surface area contributed by atoms with E-state index in [2.05, 4.69) is 9.82 Å². The second-order valence-electron chi connectivity index (χ2n) is 6.48. The highest BCUT2D eigenvalue weighted by Crippen LogP contribution is 2.41. The van der Waals surface area contributed by atoms with E-state index >= 15 is 0 Å². The van der Waals surface area contributed by atoms with Crippen molar-refractivity contribution in [2.24, 2.45) is 5.10 Å². The van der Waals surface area contributed by atoms with Gasteiger partial charge in [0.25, 0.3) is 0 Å². The van der Waals surface area contributed by atoms with Crippen LogP contribution in [0, 0.1) is 0 Å². The molecule has 9 heteroatoms. The van der Waals surface area contributed by atoms with Crippen molar-refractivity contribution in [3.8, 4) is 11.5 Å². The SMILES string of the molecule is COc1cccc(C2CC(c3ccc(NS(C)(=O)=O)cc3)=NN2C(C)=O)c1O. The van der Waals surface area contributed by atoms with E-state index in [-0.39, 0.29) is 11.7 Å². The summed E-state index contributed by atoms with van der Waals surface area (Å²) in [5, 5.41) is 16.2. The number of hydrogen-bond donors (Lipinski definition) is 2. The van der Waals surface area contributed by atoms with Crippen LogP contribution < -0.4 is 9.46 Å². The molecule has 1 heterocycles. The van der Waals surface area contributed by atoms with Crippen LogP contribution in [0.5, 0.6) is 11.5 Å². The van der Waals surface area contributed by atoms with E-state index in [1.54, 1.807) is 42.5 Å². The summed E-state index contributed by atoms with van der Waals surface area (Å²) < 4.78 is 30.2. The van der Waals surface area contributed by atoms with Crippen molar-refractivity contribution in [1.82, 2.24) is 5.01 Å². The summed E-state index contributed by atoms with van der Waals surface area (Å²) >= 11 is 0. The molecule has 148 valence electrons. The third-order valence-corrected chi connectivity index (χ3v) is 4.97. The van der Waals surface area contributed by atoms with Gasteiger partial charge in [-0.25, -0.2) is 13.4 Å². The Labute approximate surface area is 163 Å². The van der Waals surface area contributed by atoms with E-state index < -0.39 is 16.1 Å². The molecule has 1 unspecified atom stereocenters. The zero-order valence-corrected chi connectivity index (χ0v) is 16.5. The molecule has 0 fully saturated rings. The first-order valence-corrected chi connectivity index (χ1v) is 10.4. The second kappa shape index (κ2) is 7.51. The maximum atomic E-state index is 12.1. The number of carbonyl (C=O) groups is 1. The average Bonchev–Trinajstić information content (AvgIpc) is 3.06. The van der Waals surface area contributed by atoms with Crippen LogP contribution in [0.1, 0.15) is 30.5 Å². The molecule has 0 aromatic heterocycles. The Kier molecular flexibility index (Phi) is 5.28. The molecule has 2 aromatic rings. The third-order valence-electron chi connectivity index (χ3n) is 4.36. The predicted molar refractivity (Wildman–Crippen MR) is 106 cm³/mol. The quantitative estimate of drug-likeness (QED) is 0.797. The zero-order valence-electron chi connectivity index (χ0n) is 15.7. The molecule has 0 aliphatic carbocycles. The van der Waals surface area contributed by atoms with Gasteiger partial charge in [0.1, 0.15) is 0 Å². The molecule has 8 nitrogen and oxygen atoms in total. The Morgan fingerprint density at radius 1 is 1.25 bits per heavy atom. The maximum absolute atomic E-state index is 12.1. The van der Waals surface area contributed by atoms with E-state index in [4.69, 9.17) is 4.74 Å². The lowest BCUT2D eigenvalue weighted by atomic mass is 9.97. The molecular weight excluding hydrogens is 382 g/mol. The molecule has 0 saturated carbocycles. The van der Waals surface area contributed by atoms with Gasteiger partial charge in [-0.3, -0.25) is 9.52 Å². The van der Waals surface area contributed by atoms with E-state index in [0.29, 0.717) is 29.1 Å². The number of sulfonamides is 1. The third kappa shape index (κ3) is 4.09. The summed E-state index contributed by atoms with van der Waals surface area (Å²) in [7, 11) is -1.90. The Hall–Kier alpha value is -3.07. The number of para-hydroxylation sites is 1. The van der Waals surface area contributed by atoms with Gasteiger partial charge in [-0.05, 0) is 23.8 Å². The van der Waals surface area contributed by atoms with Crippen molar-refractivity contribution in [1.29, 1.82) is 0 Å². The number of phenolic OH excluding ortho intramolecular Hbond substituents is 1. The summed E-state index contributed by atoms with van der Waals surface area (Å²) in [5.41, 5.74) is 2.41. The van der Waals surface area contributed by atoms with Crippen molar-refractivity contribution < 1.29 is 23.1 Å². The first kappa shape index (κ1) is 19.7. The van der Waals surface area contributed by atoms with Crippen LogP contribution in [-0.2, 0) is 14.8 Å². The number of ether oxygens (including phenoxy) is 1. The average molecular weight is 403 g/mol. The molecule has 2 N–H and O–H groups in total. The van der Waals surface area contributed by atoms with Gasteiger partial charge in [0.2, 0.25) is 15.9 Å². The highest BCUT2D eigenvalue weighted by molar-refractivity contribution is 7.92. The number of phenols is 1. The van der Waals surface area contributed by atoms with Gasteiger partial charge in [-0.1, -0.05) is 24.3 Å². The molecule has 1 atom stereocenters. The lowest BCUT2D eigenvalue weighted by molar-refractivity contribution is -0.130.